The number of rotatable bonds is 4. The van der Waals surface area contributed by atoms with Crippen molar-refractivity contribution in [3.63, 3.8) is 0 Å². The first-order valence-electron chi connectivity index (χ1n) is 8.67. The Kier molecular flexibility index (Phi) is 4.45. The van der Waals surface area contributed by atoms with Crippen LogP contribution in [0.4, 0.5) is 0 Å². The number of aryl methyl sites for hydroxylation is 1. The van der Waals surface area contributed by atoms with Crippen molar-refractivity contribution in [1.29, 1.82) is 0 Å². The lowest BCUT2D eigenvalue weighted by Gasteiger charge is -2.09. The van der Waals surface area contributed by atoms with Crippen LogP contribution in [0.15, 0.2) is 47.3 Å². The highest BCUT2D eigenvalue weighted by Gasteiger charge is 2.17. The number of esters is 1. The van der Waals surface area contributed by atoms with Crippen molar-refractivity contribution in [3.8, 4) is 11.0 Å². The molecule has 4 aromatic rings. The molecule has 0 fully saturated rings. The van der Waals surface area contributed by atoms with E-state index in [4.69, 9.17) is 4.74 Å². The molecule has 0 saturated carbocycles. The summed E-state index contributed by atoms with van der Waals surface area (Å²) in [5.74, 6) is -0.251. The van der Waals surface area contributed by atoms with Gasteiger partial charge < -0.3 is 4.74 Å². The topological polar surface area (TPSA) is 74.1 Å². The van der Waals surface area contributed by atoms with Crippen LogP contribution in [0.1, 0.15) is 25.3 Å². The Bertz CT molecular complexity index is 1230. The minimum absolute atomic E-state index is 0.124. The average molecular weight is 379 g/mol. The van der Waals surface area contributed by atoms with Gasteiger partial charge in [0.1, 0.15) is 0 Å². The molecule has 0 amide bonds. The van der Waals surface area contributed by atoms with Gasteiger partial charge in [-0.15, -0.1) is 5.10 Å². The molecule has 2 heterocycles. The third-order valence-corrected chi connectivity index (χ3v) is 5.16. The Morgan fingerprint density at radius 1 is 1.19 bits per heavy atom. The van der Waals surface area contributed by atoms with E-state index in [-0.39, 0.29) is 23.8 Å². The number of aromatic nitrogens is 3. The van der Waals surface area contributed by atoms with E-state index in [9.17, 15) is 9.59 Å². The molecule has 0 aliphatic heterocycles. The summed E-state index contributed by atoms with van der Waals surface area (Å²) in [6, 6.07) is 12.9. The van der Waals surface area contributed by atoms with E-state index in [0.717, 1.165) is 15.8 Å². The minimum Gasteiger partial charge on any atom is -0.405 e. The number of nitrogens with zero attached hydrogens (tertiary/aromatic N) is 3. The molecule has 0 bridgehead atoms. The van der Waals surface area contributed by atoms with Crippen molar-refractivity contribution in [2.75, 3.05) is 0 Å². The summed E-state index contributed by atoms with van der Waals surface area (Å²) in [5.41, 5.74) is 1.60. The molecular formula is C20H17N3O3S. The molecule has 136 valence electrons. The highest BCUT2D eigenvalue weighted by atomic mass is 32.1. The number of carbonyl (C=O) groups excluding carboxylic acids is 1. The van der Waals surface area contributed by atoms with Gasteiger partial charge in [0.05, 0.1) is 21.0 Å². The summed E-state index contributed by atoms with van der Waals surface area (Å²) in [5, 5.41) is 5.71. The van der Waals surface area contributed by atoms with E-state index in [1.54, 1.807) is 24.3 Å². The first-order chi connectivity index (χ1) is 13.1. The van der Waals surface area contributed by atoms with Crippen molar-refractivity contribution >= 4 is 38.3 Å². The van der Waals surface area contributed by atoms with Crippen LogP contribution >= 0.6 is 11.3 Å². The molecule has 4 rings (SSSR count). The van der Waals surface area contributed by atoms with Gasteiger partial charge in [0, 0.05) is 6.42 Å². The molecule has 27 heavy (non-hydrogen) atoms. The van der Waals surface area contributed by atoms with Crippen LogP contribution in [0, 0.1) is 6.92 Å². The number of hydrogen-bond donors (Lipinski definition) is 0. The van der Waals surface area contributed by atoms with Crippen LogP contribution < -0.4 is 10.3 Å². The molecule has 2 aromatic carbocycles. The zero-order valence-electron chi connectivity index (χ0n) is 14.9. The van der Waals surface area contributed by atoms with Crippen LogP contribution in [-0.2, 0) is 4.79 Å². The molecule has 0 aliphatic carbocycles. The zero-order chi connectivity index (χ0) is 19.0. The first kappa shape index (κ1) is 17.4. The smallest absolute Gasteiger partial charge is 0.312 e. The lowest BCUT2D eigenvalue weighted by Crippen LogP contribution is -2.23. The summed E-state index contributed by atoms with van der Waals surface area (Å²) >= 11 is 1.37. The van der Waals surface area contributed by atoms with Gasteiger partial charge in [-0.05, 0) is 43.2 Å². The maximum absolute atomic E-state index is 13.0. The van der Waals surface area contributed by atoms with E-state index in [0.29, 0.717) is 22.3 Å². The second-order valence-electron chi connectivity index (χ2n) is 6.26. The van der Waals surface area contributed by atoms with Gasteiger partial charge in [0.2, 0.25) is 11.0 Å². The Balaban J connectivity index is 1.92. The highest BCUT2D eigenvalue weighted by Crippen LogP contribution is 2.27. The van der Waals surface area contributed by atoms with Gasteiger partial charge in [0.15, 0.2) is 0 Å². The Morgan fingerprint density at radius 2 is 1.96 bits per heavy atom. The number of thiazole rings is 1. The Hall–Kier alpha value is -3.06. The van der Waals surface area contributed by atoms with Crippen molar-refractivity contribution in [2.45, 2.75) is 26.7 Å². The fraction of sp³-hybridized carbons (Fsp3) is 0.200. The third kappa shape index (κ3) is 3.21. The molecular weight excluding hydrogens is 362 g/mol. The number of hydrogen-bond acceptors (Lipinski definition) is 6. The normalized spacial score (nSPS) is 11.2. The summed E-state index contributed by atoms with van der Waals surface area (Å²) in [6.45, 7) is 3.89. The zero-order valence-corrected chi connectivity index (χ0v) is 15.7. The summed E-state index contributed by atoms with van der Waals surface area (Å²) in [7, 11) is 0. The molecule has 7 heteroatoms. The molecule has 0 saturated heterocycles. The molecule has 6 nitrogen and oxygen atoms in total. The number of fused-ring (bicyclic) bond motifs is 2. The van der Waals surface area contributed by atoms with Crippen molar-refractivity contribution in [3.05, 3.63) is 58.4 Å². The van der Waals surface area contributed by atoms with Gasteiger partial charge in [-0.2, -0.15) is 4.68 Å². The number of ether oxygens (including phenoxy) is 1. The second-order valence-corrected chi connectivity index (χ2v) is 7.27. The largest absolute Gasteiger partial charge is 0.405 e. The van der Waals surface area contributed by atoms with Gasteiger partial charge in [-0.25, -0.2) is 4.98 Å². The van der Waals surface area contributed by atoms with E-state index in [1.165, 1.54) is 16.0 Å². The van der Waals surface area contributed by atoms with E-state index < -0.39 is 0 Å². The minimum atomic E-state index is -0.375. The SMILES string of the molecule is CCCC(=O)Oc1nn(-c2nc3cc(C)ccc3s2)c(=O)c2ccccc12. The van der Waals surface area contributed by atoms with Gasteiger partial charge >= 0.3 is 5.97 Å². The second kappa shape index (κ2) is 6.92. The van der Waals surface area contributed by atoms with Crippen molar-refractivity contribution in [2.24, 2.45) is 0 Å². The Morgan fingerprint density at radius 3 is 2.74 bits per heavy atom. The molecule has 0 spiro atoms. The molecule has 0 unspecified atom stereocenters. The van der Waals surface area contributed by atoms with Crippen LogP contribution in [-0.4, -0.2) is 20.7 Å². The van der Waals surface area contributed by atoms with Crippen molar-refractivity contribution in [1.82, 2.24) is 14.8 Å². The fourth-order valence-corrected chi connectivity index (χ4v) is 3.74. The Labute approximate surface area is 159 Å². The molecule has 0 aliphatic rings. The van der Waals surface area contributed by atoms with E-state index >= 15 is 0 Å². The maximum atomic E-state index is 13.0. The van der Waals surface area contributed by atoms with E-state index in [2.05, 4.69) is 10.1 Å². The molecule has 0 radical (unpaired) electrons. The summed E-state index contributed by atoms with van der Waals surface area (Å²) in [4.78, 5) is 29.5. The third-order valence-electron chi connectivity index (χ3n) is 4.15. The predicted octanol–water partition coefficient (Wildman–Crippen LogP) is 4.01. The van der Waals surface area contributed by atoms with E-state index in [1.807, 2.05) is 32.0 Å². The van der Waals surface area contributed by atoms with Gasteiger partial charge in [-0.1, -0.05) is 36.5 Å². The molecule has 0 N–H and O–H groups in total. The average Bonchev–Trinajstić information content (AvgIpc) is 3.07. The predicted molar refractivity (Wildman–Crippen MR) is 106 cm³/mol. The first-order valence-corrected chi connectivity index (χ1v) is 9.49. The standard InChI is InChI=1S/C20H17N3O3S/c1-3-6-17(24)26-18-13-7-4-5-8-14(13)19(25)23(22-18)20-21-15-11-12(2)9-10-16(15)27-20/h4-5,7-11H,3,6H2,1-2H3. The van der Waals surface area contributed by atoms with Crippen LogP contribution in [0.2, 0.25) is 0 Å². The summed E-state index contributed by atoms with van der Waals surface area (Å²) in [6.07, 6.45) is 0.961. The summed E-state index contributed by atoms with van der Waals surface area (Å²) < 4.78 is 7.62. The van der Waals surface area contributed by atoms with Crippen LogP contribution in [0.3, 0.4) is 0 Å². The highest BCUT2D eigenvalue weighted by molar-refractivity contribution is 7.20. The van der Waals surface area contributed by atoms with Crippen LogP contribution in [0.25, 0.3) is 26.1 Å². The lowest BCUT2D eigenvalue weighted by atomic mass is 10.2. The van der Waals surface area contributed by atoms with Gasteiger partial charge in [0.25, 0.3) is 5.56 Å². The maximum Gasteiger partial charge on any atom is 0.312 e. The quantitative estimate of drug-likeness (QED) is 0.501. The monoisotopic (exact) mass is 379 g/mol. The van der Waals surface area contributed by atoms with Crippen LogP contribution in [0.5, 0.6) is 5.88 Å². The molecule has 0 atom stereocenters. The van der Waals surface area contributed by atoms with Gasteiger partial charge in [-0.3, -0.25) is 9.59 Å². The lowest BCUT2D eigenvalue weighted by molar-refractivity contribution is -0.134. The number of carbonyl (C=O) groups is 1. The number of benzene rings is 2. The van der Waals surface area contributed by atoms with Crippen molar-refractivity contribution < 1.29 is 9.53 Å². The molecule has 2 aromatic heterocycles. The fourth-order valence-electron chi connectivity index (χ4n) is 2.84.